The Morgan fingerprint density at radius 2 is 1.68 bits per heavy atom. The van der Waals surface area contributed by atoms with E-state index in [9.17, 15) is 4.79 Å². The Morgan fingerprint density at radius 3 is 2.48 bits per heavy atom. The van der Waals surface area contributed by atoms with Gasteiger partial charge in [0.05, 0.1) is 16.8 Å². The molecule has 4 aromatic rings. The first-order valence-corrected chi connectivity index (χ1v) is 11.9. The molecule has 2 aromatic carbocycles. The van der Waals surface area contributed by atoms with Gasteiger partial charge in [-0.1, -0.05) is 12.1 Å². The lowest BCUT2D eigenvalue weighted by molar-refractivity contribution is 0.122. The highest BCUT2D eigenvalue weighted by Gasteiger charge is 2.21. The number of aryl methyl sites for hydroxylation is 2. The first-order valence-electron chi connectivity index (χ1n) is 11.1. The summed E-state index contributed by atoms with van der Waals surface area (Å²) in [5.41, 5.74) is 5.47. The maximum atomic E-state index is 12.2. The second-order valence-corrected chi connectivity index (χ2v) is 9.80. The van der Waals surface area contributed by atoms with Crippen molar-refractivity contribution in [3.8, 4) is 0 Å². The van der Waals surface area contributed by atoms with Crippen LogP contribution in [0.2, 0.25) is 0 Å². The third-order valence-corrected chi connectivity index (χ3v) is 7.62. The summed E-state index contributed by atoms with van der Waals surface area (Å²) in [6.07, 6.45) is 3.42. The van der Waals surface area contributed by atoms with Crippen LogP contribution in [0.1, 0.15) is 28.1 Å². The van der Waals surface area contributed by atoms with Gasteiger partial charge in [-0.3, -0.25) is 9.80 Å². The standard InChI is InChI=1S/C25H25N3O2S/c29-25-14-19(20-12-17-4-3-5-18(17)13-22(20)30-25)15-27-8-10-28(11-9-27)16-24-26-21-6-1-2-7-23(21)31-24/h1-2,6-7,12-14H,3-5,8-11,15-16H2. The number of nitrogens with zero attached hydrogens (tertiary/aromatic N) is 3. The molecule has 2 aromatic heterocycles. The number of thiazole rings is 1. The highest BCUT2D eigenvalue weighted by molar-refractivity contribution is 7.18. The maximum absolute atomic E-state index is 12.2. The van der Waals surface area contributed by atoms with E-state index in [2.05, 4.69) is 40.1 Å². The molecular weight excluding hydrogens is 406 g/mol. The van der Waals surface area contributed by atoms with Crippen LogP contribution in [0.15, 0.2) is 51.7 Å². The average molecular weight is 432 g/mol. The molecule has 1 aliphatic heterocycles. The van der Waals surface area contributed by atoms with E-state index in [1.807, 2.05) is 6.07 Å². The normalized spacial score (nSPS) is 17.5. The monoisotopic (exact) mass is 431 g/mol. The minimum Gasteiger partial charge on any atom is -0.423 e. The first-order chi connectivity index (χ1) is 15.2. The van der Waals surface area contributed by atoms with E-state index in [0.717, 1.165) is 74.2 Å². The van der Waals surface area contributed by atoms with Gasteiger partial charge in [0.2, 0.25) is 0 Å². The summed E-state index contributed by atoms with van der Waals surface area (Å²) in [6.45, 7) is 5.75. The number of aromatic nitrogens is 1. The fourth-order valence-corrected chi connectivity index (χ4v) is 5.96. The molecule has 5 nitrogen and oxygen atoms in total. The van der Waals surface area contributed by atoms with Crippen LogP contribution in [0.4, 0.5) is 0 Å². The Kier molecular flexibility index (Phi) is 4.86. The Balaban J connectivity index is 1.15. The lowest BCUT2D eigenvalue weighted by Crippen LogP contribution is -2.45. The van der Waals surface area contributed by atoms with Crippen molar-refractivity contribution in [1.29, 1.82) is 0 Å². The summed E-state index contributed by atoms with van der Waals surface area (Å²) in [6, 6.07) is 14.4. The van der Waals surface area contributed by atoms with Crippen LogP contribution in [0.25, 0.3) is 21.2 Å². The quantitative estimate of drug-likeness (QED) is 0.453. The zero-order valence-corrected chi connectivity index (χ0v) is 18.3. The van der Waals surface area contributed by atoms with Gasteiger partial charge in [-0.15, -0.1) is 11.3 Å². The smallest absolute Gasteiger partial charge is 0.336 e. The van der Waals surface area contributed by atoms with Gasteiger partial charge in [-0.2, -0.15) is 0 Å². The van der Waals surface area contributed by atoms with Crippen molar-refractivity contribution >= 4 is 32.5 Å². The Hall–Kier alpha value is -2.54. The molecule has 0 amide bonds. The molecule has 31 heavy (non-hydrogen) atoms. The van der Waals surface area contributed by atoms with E-state index in [0.29, 0.717) is 0 Å². The van der Waals surface area contributed by atoms with Crippen LogP contribution in [-0.4, -0.2) is 41.0 Å². The molecule has 1 aliphatic carbocycles. The molecule has 1 saturated heterocycles. The molecule has 0 spiro atoms. The van der Waals surface area contributed by atoms with Gasteiger partial charge in [0.1, 0.15) is 10.6 Å². The molecule has 158 valence electrons. The fourth-order valence-electron chi connectivity index (χ4n) is 4.95. The molecule has 0 bridgehead atoms. The lowest BCUT2D eigenvalue weighted by Gasteiger charge is -2.34. The van der Waals surface area contributed by atoms with Gasteiger partial charge in [0, 0.05) is 44.2 Å². The van der Waals surface area contributed by atoms with Crippen molar-refractivity contribution < 1.29 is 4.42 Å². The van der Waals surface area contributed by atoms with Gasteiger partial charge >= 0.3 is 5.63 Å². The lowest BCUT2D eigenvalue weighted by atomic mass is 10.0. The van der Waals surface area contributed by atoms with Crippen LogP contribution < -0.4 is 5.63 Å². The Labute approximate surface area is 184 Å². The molecule has 0 N–H and O–H groups in total. The highest BCUT2D eigenvalue weighted by Crippen LogP contribution is 2.29. The highest BCUT2D eigenvalue weighted by atomic mass is 32.1. The molecule has 1 fully saturated rings. The SMILES string of the molecule is O=c1cc(CN2CCN(Cc3nc4ccccc4s3)CC2)c2cc3c(cc2o1)CCC3. The van der Waals surface area contributed by atoms with E-state index < -0.39 is 0 Å². The van der Waals surface area contributed by atoms with Crippen molar-refractivity contribution in [1.82, 2.24) is 14.8 Å². The molecule has 0 radical (unpaired) electrons. The summed E-state index contributed by atoms with van der Waals surface area (Å²) < 4.78 is 6.80. The first kappa shape index (κ1) is 19.2. The van der Waals surface area contributed by atoms with Crippen LogP contribution >= 0.6 is 11.3 Å². The molecule has 3 heterocycles. The predicted octanol–water partition coefficient (Wildman–Crippen LogP) is 4.21. The third-order valence-electron chi connectivity index (χ3n) is 6.60. The van der Waals surface area contributed by atoms with Gasteiger partial charge in [0.15, 0.2) is 0 Å². The molecule has 6 heteroatoms. The molecule has 0 unspecified atom stereocenters. The van der Waals surface area contributed by atoms with E-state index in [1.165, 1.54) is 27.3 Å². The largest absolute Gasteiger partial charge is 0.423 e. The number of para-hydroxylation sites is 1. The molecule has 0 saturated carbocycles. The van der Waals surface area contributed by atoms with Gasteiger partial charge in [-0.25, -0.2) is 9.78 Å². The molecule has 0 atom stereocenters. The second kappa shape index (κ2) is 7.86. The van der Waals surface area contributed by atoms with Crippen molar-refractivity contribution in [3.63, 3.8) is 0 Å². The summed E-state index contributed by atoms with van der Waals surface area (Å²) in [5.74, 6) is 0. The zero-order valence-electron chi connectivity index (χ0n) is 17.5. The zero-order chi connectivity index (χ0) is 20.8. The van der Waals surface area contributed by atoms with Crippen molar-refractivity contribution in [2.75, 3.05) is 26.2 Å². The van der Waals surface area contributed by atoms with Gasteiger partial charge in [0.25, 0.3) is 0 Å². The minimum atomic E-state index is -0.241. The van der Waals surface area contributed by atoms with Crippen LogP contribution in [-0.2, 0) is 25.9 Å². The number of piperazine rings is 1. The number of hydrogen-bond acceptors (Lipinski definition) is 6. The van der Waals surface area contributed by atoms with E-state index >= 15 is 0 Å². The average Bonchev–Trinajstić information content (AvgIpc) is 3.39. The van der Waals surface area contributed by atoms with Crippen molar-refractivity contribution in [2.45, 2.75) is 32.4 Å². The van der Waals surface area contributed by atoms with Crippen LogP contribution in [0.5, 0.6) is 0 Å². The summed E-state index contributed by atoms with van der Waals surface area (Å²) in [5, 5.41) is 2.30. The molecule has 6 rings (SSSR count). The molecule has 2 aliphatic rings. The second-order valence-electron chi connectivity index (χ2n) is 8.69. The number of benzene rings is 2. The molecular formula is C25H25N3O2S. The van der Waals surface area contributed by atoms with Gasteiger partial charge in [-0.05, 0) is 60.2 Å². The van der Waals surface area contributed by atoms with E-state index in [4.69, 9.17) is 9.40 Å². The summed E-state index contributed by atoms with van der Waals surface area (Å²) >= 11 is 1.80. The fraction of sp³-hybridized carbons (Fsp3) is 0.360. The summed E-state index contributed by atoms with van der Waals surface area (Å²) in [7, 11) is 0. The maximum Gasteiger partial charge on any atom is 0.336 e. The Bertz CT molecular complexity index is 1280. The topological polar surface area (TPSA) is 49.6 Å². The van der Waals surface area contributed by atoms with Crippen molar-refractivity contribution in [3.05, 3.63) is 74.6 Å². The van der Waals surface area contributed by atoms with Gasteiger partial charge < -0.3 is 4.42 Å². The predicted molar refractivity (Wildman–Crippen MR) is 125 cm³/mol. The summed E-state index contributed by atoms with van der Waals surface area (Å²) in [4.78, 5) is 21.9. The number of fused-ring (bicyclic) bond motifs is 3. The van der Waals surface area contributed by atoms with Crippen LogP contribution in [0, 0.1) is 0 Å². The Morgan fingerprint density at radius 1 is 0.935 bits per heavy atom. The van der Waals surface area contributed by atoms with E-state index in [1.54, 1.807) is 17.4 Å². The number of hydrogen-bond donors (Lipinski definition) is 0. The third kappa shape index (κ3) is 3.80. The van der Waals surface area contributed by atoms with E-state index in [-0.39, 0.29) is 5.63 Å². The van der Waals surface area contributed by atoms with Crippen molar-refractivity contribution in [2.24, 2.45) is 0 Å². The minimum absolute atomic E-state index is 0.241. The van der Waals surface area contributed by atoms with Crippen LogP contribution in [0.3, 0.4) is 0 Å². The number of rotatable bonds is 4.